The van der Waals surface area contributed by atoms with E-state index in [1.165, 1.54) is 0 Å². The third kappa shape index (κ3) is 2.30. The molecule has 0 N–H and O–H groups in total. The molecule has 15 heavy (non-hydrogen) atoms. The first kappa shape index (κ1) is 10.5. The molecule has 0 aliphatic carbocycles. The SMILES string of the molecule is O=C(c1ccc[c]c1Cl)N1CCOCC1. The van der Waals surface area contributed by atoms with Crippen molar-refractivity contribution in [1.29, 1.82) is 0 Å². The van der Waals surface area contributed by atoms with Gasteiger partial charge in [-0.25, -0.2) is 0 Å². The molecule has 0 saturated carbocycles. The number of halogens is 1. The number of carbonyl (C=O) groups excluding carboxylic acids is 1. The monoisotopic (exact) mass is 224 g/mol. The fourth-order valence-corrected chi connectivity index (χ4v) is 1.73. The van der Waals surface area contributed by atoms with E-state index in [4.69, 9.17) is 16.3 Å². The van der Waals surface area contributed by atoms with Gasteiger partial charge in [0.2, 0.25) is 0 Å². The Balaban J connectivity index is 2.16. The molecule has 0 aromatic heterocycles. The first-order chi connectivity index (χ1) is 7.29. The van der Waals surface area contributed by atoms with Crippen LogP contribution >= 0.6 is 11.6 Å². The van der Waals surface area contributed by atoms with Crippen LogP contribution in [0, 0.1) is 6.07 Å². The molecular formula is C11H11ClNO2. The smallest absolute Gasteiger partial charge is 0.255 e. The van der Waals surface area contributed by atoms with Crippen molar-refractivity contribution in [2.75, 3.05) is 26.3 Å². The lowest BCUT2D eigenvalue weighted by atomic mass is 10.2. The van der Waals surface area contributed by atoms with Gasteiger partial charge < -0.3 is 9.64 Å². The van der Waals surface area contributed by atoms with Crippen molar-refractivity contribution in [2.45, 2.75) is 0 Å². The number of benzene rings is 1. The molecule has 1 radical (unpaired) electrons. The number of nitrogens with zero attached hydrogens (tertiary/aromatic N) is 1. The van der Waals surface area contributed by atoms with E-state index in [0.717, 1.165) is 0 Å². The second kappa shape index (κ2) is 4.64. The molecule has 79 valence electrons. The van der Waals surface area contributed by atoms with Crippen LogP contribution < -0.4 is 0 Å². The van der Waals surface area contributed by atoms with Crippen LogP contribution in [0.2, 0.25) is 5.02 Å². The molecule has 4 heteroatoms. The van der Waals surface area contributed by atoms with Gasteiger partial charge >= 0.3 is 0 Å². The average Bonchev–Trinajstić information content (AvgIpc) is 2.30. The summed E-state index contributed by atoms with van der Waals surface area (Å²) >= 11 is 5.90. The number of hydrogen-bond donors (Lipinski definition) is 0. The van der Waals surface area contributed by atoms with E-state index in [9.17, 15) is 4.79 Å². The summed E-state index contributed by atoms with van der Waals surface area (Å²) < 4.78 is 5.18. The van der Waals surface area contributed by atoms with Crippen molar-refractivity contribution in [3.05, 3.63) is 34.9 Å². The van der Waals surface area contributed by atoms with Gasteiger partial charge in [0.15, 0.2) is 0 Å². The molecular weight excluding hydrogens is 214 g/mol. The van der Waals surface area contributed by atoms with E-state index in [1.54, 1.807) is 23.1 Å². The van der Waals surface area contributed by atoms with E-state index in [2.05, 4.69) is 6.07 Å². The number of carbonyl (C=O) groups is 1. The van der Waals surface area contributed by atoms with Crippen LogP contribution in [0.25, 0.3) is 0 Å². The van der Waals surface area contributed by atoms with Gasteiger partial charge in [0, 0.05) is 19.2 Å². The Hall–Kier alpha value is -1.06. The number of ether oxygens (including phenoxy) is 1. The fraction of sp³-hybridized carbons (Fsp3) is 0.364. The quantitative estimate of drug-likeness (QED) is 0.726. The van der Waals surface area contributed by atoms with E-state index in [-0.39, 0.29) is 5.91 Å². The zero-order valence-corrected chi connectivity index (χ0v) is 8.96. The number of rotatable bonds is 1. The third-order valence-electron chi connectivity index (χ3n) is 2.33. The van der Waals surface area contributed by atoms with Crippen LogP contribution in [-0.2, 0) is 4.74 Å². The molecule has 1 saturated heterocycles. The highest BCUT2D eigenvalue weighted by molar-refractivity contribution is 6.33. The van der Waals surface area contributed by atoms with Crippen LogP contribution in [0.5, 0.6) is 0 Å². The van der Waals surface area contributed by atoms with E-state index >= 15 is 0 Å². The highest BCUT2D eigenvalue weighted by Crippen LogP contribution is 2.16. The van der Waals surface area contributed by atoms with Crippen LogP contribution in [0.1, 0.15) is 10.4 Å². The van der Waals surface area contributed by atoms with Crippen LogP contribution in [0.4, 0.5) is 0 Å². The highest BCUT2D eigenvalue weighted by Gasteiger charge is 2.19. The Morgan fingerprint density at radius 3 is 2.87 bits per heavy atom. The maximum atomic E-state index is 12.0. The maximum absolute atomic E-state index is 12.0. The molecule has 1 fully saturated rings. The summed E-state index contributed by atoms with van der Waals surface area (Å²) in [7, 11) is 0. The summed E-state index contributed by atoms with van der Waals surface area (Å²) in [4.78, 5) is 13.7. The molecule has 0 bridgehead atoms. The van der Waals surface area contributed by atoms with Gasteiger partial charge in [-0.1, -0.05) is 23.7 Å². The van der Waals surface area contributed by atoms with E-state index < -0.39 is 0 Å². The lowest BCUT2D eigenvalue weighted by molar-refractivity contribution is 0.0303. The second-order valence-corrected chi connectivity index (χ2v) is 3.68. The fourth-order valence-electron chi connectivity index (χ4n) is 1.52. The Morgan fingerprint density at radius 1 is 1.47 bits per heavy atom. The minimum atomic E-state index is -0.0415. The predicted octanol–water partition coefficient (Wildman–Crippen LogP) is 1.61. The molecule has 1 aromatic carbocycles. The first-order valence-electron chi connectivity index (χ1n) is 4.82. The lowest BCUT2D eigenvalue weighted by Crippen LogP contribution is -2.40. The Labute approximate surface area is 93.6 Å². The predicted molar refractivity (Wildman–Crippen MR) is 57.0 cm³/mol. The maximum Gasteiger partial charge on any atom is 0.255 e. The van der Waals surface area contributed by atoms with Gasteiger partial charge in [-0.15, -0.1) is 0 Å². The zero-order chi connectivity index (χ0) is 10.7. The summed E-state index contributed by atoms with van der Waals surface area (Å²) in [6.07, 6.45) is 0. The average molecular weight is 225 g/mol. The second-order valence-electron chi connectivity index (χ2n) is 3.30. The van der Waals surface area contributed by atoms with Crippen LogP contribution in [0.3, 0.4) is 0 Å². The summed E-state index contributed by atoms with van der Waals surface area (Å²) in [5.74, 6) is -0.0415. The summed E-state index contributed by atoms with van der Waals surface area (Å²) in [5.41, 5.74) is 0.515. The standard InChI is InChI=1S/C11H11ClNO2/c12-10-4-2-1-3-9(10)11(14)13-5-7-15-8-6-13/h1-3H,5-8H2. The largest absolute Gasteiger partial charge is 0.378 e. The molecule has 0 spiro atoms. The summed E-state index contributed by atoms with van der Waals surface area (Å²) in [5, 5.41) is 0.383. The minimum Gasteiger partial charge on any atom is -0.378 e. The van der Waals surface area contributed by atoms with E-state index in [1.807, 2.05) is 0 Å². The number of amides is 1. The molecule has 0 atom stereocenters. The summed E-state index contributed by atoms with van der Waals surface area (Å²) in [6, 6.07) is 7.98. The topological polar surface area (TPSA) is 29.5 Å². The third-order valence-corrected chi connectivity index (χ3v) is 2.65. The van der Waals surface area contributed by atoms with Gasteiger partial charge in [-0.05, 0) is 6.07 Å². The van der Waals surface area contributed by atoms with Gasteiger partial charge in [-0.2, -0.15) is 0 Å². The molecule has 1 aliphatic rings. The normalized spacial score (nSPS) is 16.5. The Morgan fingerprint density at radius 2 is 2.20 bits per heavy atom. The van der Waals surface area contributed by atoms with Gasteiger partial charge in [-0.3, -0.25) is 4.79 Å². The van der Waals surface area contributed by atoms with Crippen molar-refractivity contribution < 1.29 is 9.53 Å². The van der Waals surface area contributed by atoms with Gasteiger partial charge in [0.25, 0.3) is 5.91 Å². The molecule has 3 nitrogen and oxygen atoms in total. The van der Waals surface area contributed by atoms with Crippen molar-refractivity contribution >= 4 is 17.5 Å². The number of morpholine rings is 1. The molecule has 1 heterocycles. The number of hydrogen-bond acceptors (Lipinski definition) is 2. The van der Waals surface area contributed by atoms with Crippen molar-refractivity contribution in [3.63, 3.8) is 0 Å². The van der Waals surface area contributed by atoms with Crippen molar-refractivity contribution in [3.8, 4) is 0 Å². The molecule has 1 aliphatic heterocycles. The zero-order valence-electron chi connectivity index (χ0n) is 8.20. The molecule has 1 aromatic rings. The molecule has 1 amide bonds. The lowest BCUT2D eigenvalue weighted by Gasteiger charge is -2.27. The van der Waals surface area contributed by atoms with Gasteiger partial charge in [0.05, 0.1) is 23.8 Å². The van der Waals surface area contributed by atoms with E-state index in [0.29, 0.717) is 36.9 Å². The highest BCUT2D eigenvalue weighted by atomic mass is 35.5. The van der Waals surface area contributed by atoms with Gasteiger partial charge in [0.1, 0.15) is 0 Å². The first-order valence-corrected chi connectivity index (χ1v) is 5.20. The molecule has 0 unspecified atom stereocenters. The van der Waals surface area contributed by atoms with Crippen LogP contribution in [0.15, 0.2) is 18.2 Å². The Kier molecular flexibility index (Phi) is 3.23. The van der Waals surface area contributed by atoms with Crippen molar-refractivity contribution in [1.82, 2.24) is 4.90 Å². The summed E-state index contributed by atoms with van der Waals surface area (Å²) in [6.45, 7) is 2.45. The minimum absolute atomic E-state index is 0.0415. The Bertz CT molecular complexity index is 361. The molecule has 2 rings (SSSR count). The van der Waals surface area contributed by atoms with Crippen molar-refractivity contribution in [2.24, 2.45) is 0 Å². The van der Waals surface area contributed by atoms with Crippen LogP contribution in [-0.4, -0.2) is 37.1 Å².